The zero-order valence-corrected chi connectivity index (χ0v) is 16.4. The monoisotopic (exact) mass is 400 g/mol. The average Bonchev–Trinajstić information content (AvgIpc) is 3.06. The van der Waals surface area contributed by atoms with Crippen molar-refractivity contribution >= 4 is 16.9 Å². The van der Waals surface area contributed by atoms with Gasteiger partial charge in [0.15, 0.2) is 0 Å². The van der Waals surface area contributed by atoms with Crippen LogP contribution in [0.2, 0.25) is 0 Å². The molecule has 3 aromatic rings. The number of halogens is 2. The average molecular weight is 400 g/mol. The fourth-order valence-electron chi connectivity index (χ4n) is 3.32. The summed E-state index contributed by atoms with van der Waals surface area (Å²) in [6, 6.07) is 8.93. The Morgan fingerprint density at radius 1 is 1.21 bits per heavy atom. The molecule has 5 nitrogen and oxygen atoms in total. The van der Waals surface area contributed by atoms with E-state index in [1.165, 1.54) is 0 Å². The molecule has 1 amide bonds. The first-order valence-electron chi connectivity index (χ1n) is 9.75. The lowest BCUT2D eigenvalue weighted by atomic mass is 10.1. The number of imidazole rings is 1. The molecule has 1 aromatic heterocycles. The van der Waals surface area contributed by atoms with Crippen LogP contribution in [0.1, 0.15) is 43.1 Å². The highest BCUT2D eigenvalue weighted by atomic mass is 19.1. The predicted molar refractivity (Wildman–Crippen MR) is 106 cm³/mol. The number of benzene rings is 2. The summed E-state index contributed by atoms with van der Waals surface area (Å²) in [5.74, 6) is -0.544. The SMILES string of the molecule is CCCn1c(C[N]C(=O)CCCc2cc(F)ccc2F)nc2cc(CO)ccc21. The summed E-state index contributed by atoms with van der Waals surface area (Å²) in [5, 5.41) is 13.4. The van der Waals surface area contributed by atoms with Crippen LogP contribution in [-0.2, 0) is 30.9 Å². The topological polar surface area (TPSA) is 69.2 Å². The van der Waals surface area contributed by atoms with Crippen LogP contribution in [0.5, 0.6) is 0 Å². The Hall–Kier alpha value is -2.80. The van der Waals surface area contributed by atoms with Gasteiger partial charge in [-0.15, -0.1) is 0 Å². The molecule has 0 spiro atoms. The smallest absolute Gasteiger partial charge is 0.241 e. The third kappa shape index (κ3) is 5.17. The van der Waals surface area contributed by atoms with Gasteiger partial charge in [-0.1, -0.05) is 13.0 Å². The Morgan fingerprint density at radius 2 is 2.03 bits per heavy atom. The zero-order chi connectivity index (χ0) is 20.8. The van der Waals surface area contributed by atoms with E-state index < -0.39 is 11.6 Å². The first kappa shape index (κ1) is 20.9. The summed E-state index contributed by atoms with van der Waals surface area (Å²) in [6.45, 7) is 2.93. The maximum absolute atomic E-state index is 13.6. The Labute approximate surface area is 168 Å². The van der Waals surface area contributed by atoms with Gasteiger partial charge in [-0.3, -0.25) is 4.79 Å². The molecule has 0 unspecified atom stereocenters. The van der Waals surface area contributed by atoms with Gasteiger partial charge in [-0.05, 0) is 60.7 Å². The van der Waals surface area contributed by atoms with E-state index in [2.05, 4.69) is 17.2 Å². The Kier molecular flexibility index (Phi) is 6.93. The molecular formula is C22H24F2N3O2. The number of aromatic nitrogens is 2. The van der Waals surface area contributed by atoms with Gasteiger partial charge in [0, 0.05) is 13.0 Å². The second kappa shape index (κ2) is 9.60. The third-order valence-electron chi connectivity index (χ3n) is 4.76. The van der Waals surface area contributed by atoms with Crippen LogP contribution in [0.4, 0.5) is 8.78 Å². The first-order chi connectivity index (χ1) is 14.0. The van der Waals surface area contributed by atoms with Crippen LogP contribution >= 0.6 is 0 Å². The van der Waals surface area contributed by atoms with E-state index in [1.807, 2.05) is 22.8 Å². The number of amides is 1. The van der Waals surface area contributed by atoms with Gasteiger partial charge >= 0.3 is 0 Å². The summed E-state index contributed by atoms with van der Waals surface area (Å²) >= 11 is 0. The molecule has 1 radical (unpaired) electrons. The number of rotatable bonds is 9. The molecule has 1 N–H and O–H groups in total. The van der Waals surface area contributed by atoms with E-state index in [0.29, 0.717) is 12.2 Å². The molecule has 3 rings (SSSR count). The summed E-state index contributed by atoms with van der Waals surface area (Å²) < 4.78 is 28.9. The normalized spacial score (nSPS) is 11.2. The summed E-state index contributed by atoms with van der Waals surface area (Å²) in [6.07, 6.45) is 1.75. The summed E-state index contributed by atoms with van der Waals surface area (Å²) in [7, 11) is 0. The maximum Gasteiger partial charge on any atom is 0.241 e. The molecule has 0 bridgehead atoms. The van der Waals surface area contributed by atoms with E-state index >= 15 is 0 Å². The largest absolute Gasteiger partial charge is 0.392 e. The third-order valence-corrected chi connectivity index (χ3v) is 4.76. The van der Waals surface area contributed by atoms with Gasteiger partial charge in [0.1, 0.15) is 24.0 Å². The number of aliphatic hydroxyl groups is 1. The van der Waals surface area contributed by atoms with Crippen molar-refractivity contribution in [1.82, 2.24) is 14.9 Å². The molecule has 0 fully saturated rings. The Morgan fingerprint density at radius 3 is 2.79 bits per heavy atom. The number of aliphatic hydroxyl groups excluding tert-OH is 1. The molecule has 0 saturated carbocycles. The minimum Gasteiger partial charge on any atom is -0.392 e. The number of nitrogens with zero attached hydrogens (tertiary/aromatic N) is 3. The van der Waals surface area contributed by atoms with Gasteiger partial charge in [0.2, 0.25) is 5.91 Å². The fraction of sp³-hybridized carbons (Fsp3) is 0.364. The standard InChI is InChI=1S/C22H24F2N3O2/c1-2-10-27-20-9-6-15(14-28)11-19(20)26-21(27)13-25-22(29)5-3-4-16-12-17(23)7-8-18(16)24/h6-9,11-12,28H,2-5,10,13-14H2,1H3. The van der Waals surface area contributed by atoms with Crippen LogP contribution in [0, 0.1) is 11.6 Å². The van der Waals surface area contributed by atoms with E-state index in [9.17, 15) is 18.7 Å². The molecule has 2 aromatic carbocycles. The van der Waals surface area contributed by atoms with Crippen molar-refractivity contribution in [3.63, 3.8) is 0 Å². The van der Waals surface area contributed by atoms with Crippen molar-refractivity contribution in [1.29, 1.82) is 0 Å². The highest BCUT2D eigenvalue weighted by Crippen LogP contribution is 2.19. The number of hydrogen-bond donors (Lipinski definition) is 1. The second-order valence-corrected chi connectivity index (χ2v) is 6.96. The van der Waals surface area contributed by atoms with E-state index in [-0.39, 0.29) is 37.5 Å². The van der Waals surface area contributed by atoms with Gasteiger partial charge in [-0.2, -0.15) is 0 Å². The van der Waals surface area contributed by atoms with Gasteiger partial charge in [-0.25, -0.2) is 19.1 Å². The molecule has 1 heterocycles. The lowest BCUT2D eigenvalue weighted by molar-refractivity contribution is -0.121. The molecule has 0 aliphatic heterocycles. The van der Waals surface area contributed by atoms with Crippen LogP contribution in [0.15, 0.2) is 36.4 Å². The first-order valence-corrected chi connectivity index (χ1v) is 9.75. The van der Waals surface area contributed by atoms with Crippen LogP contribution in [0.3, 0.4) is 0 Å². The second-order valence-electron chi connectivity index (χ2n) is 6.96. The van der Waals surface area contributed by atoms with Gasteiger partial charge in [0.25, 0.3) is 0 Å². The molecule has 29 heavy (non-hydrogen) atoms. The number of carbonyl (C=O) groups excluding carboxylic acids is 1. The van der Waals surface area contributed by atoms with Crippen molar-refractivity contribution in [2.75, 3.05) is 0 Å². The molecule has 0 atom stereocenters. The molecule has 7 heteroatoms. The maximum atomic E-state index is 13.6. The van der Waals surface area contributed by atoms with E-state index in [1.54, 1.807) is 0 Å². The van der Waals surface area contributed by atoms with Crippen molar-refractivity contribution in [3.8, 4) is 0 Å². The fourth-order valence-corrected chi connectivity index (χ4v) is 3.32. The van der Waals surface area contributed by atoms with Crippen molar-refractivity contribution < 1.29 is 18.7 Å². The zero-order valence-electron chi connectivity index (χ0n) is 16.4. The molecule has 0 aliphatic carbocycles. The van der Waals surface area contributed by atoms with Crippen molar-refractivity contribution in [2.45, 2.75) is 52.3 Å². The lowest BCUT2D eigenvalue weighted by Crippen LogP contribution is -2.18. The van der Waals surface area contributed by atoms with Crippen LogP contribution in [0.25, 0.3) is 11.0 Å². The summed E-state index contributed by atoms with van der Waals surface area (Å²) in [4.78, 5) is 16.7. The van der Waals surface area contributed by atoms with Crippen LogP contribution in [-0.4, -0.2) is 20.6 Å². The van der Waals surface area contributed by atoms with Crippen LogP contribution < -0.4 is 5.32 Å². The predicted octanol–water partition coefficient (Wildman–Crippen LogP) is 3.87. The minimum absolute atomic E-state index is 0.0549. The highest BCUT2D eigenvalue weighted by molar-refractivity contribution is 5.78. The minimum atomic E-state index is -0.489. The molecule has 0 aliphatic rings. The van der Waals surface area contributed by atoms with E-state index in [0.717, 1.165) is 47.8 Å². The van der Waals surface area contributed by atoms with Gasteiger partial charge in [0.05, 0.1) is 17.6 Å². The quantitative estimate of drug-likeness (QED) is 0.593. The Bertz CT molecular complexity index is 1000. The number of carbonyl (C=O) groups is 1. The number of aryl methyl sites for hydroxylation is 2. The number of fused-ring (bicyclic) bond motifs is 1. The molecule has 0 saturated heterocycles. The molecular weight excluding hydrogens is 376 g/mol. The molecule has 153 valence electrons. The number of hydrogen-bond acceptors (Lipinski definition) is 3. The Balaban J connectivity index is 1.59. The van der Waals surface area contributed by atoms with Gasteiger partial charge < -0.3 is 9.67 Å². The highest BCUT2D eigenvalue weighted by Gasteiger charge is 2.13. The van der Waals surface area contributed by atoms with E-state index in [4.69, 9.17) is 0 Å². The van der Waals surface area contributed by atoms with Crippen molar-refractivity contribution in [3.05, 3.63) is 65.0 Å². The lowest BCUT2D eigenvalue weighted by Gasteiger charge is -2.08. The van der Waals surface area contributed by atoms with Crippen molar-refractivity contribution in [2.24, 2.45) is 0 Å². The summed E-state index contributed by atoms with van der Waals surface area (Å²) in [5.41, 5.74) is 2.76.